The summed E-state index contributed by atoms with van der Waals surface area (Å²) in [5, 5.41) is 2.49. The maximum atomic E-state index is 12.2. The van der Waals surface area contributed by atoms with Gasteiger partial charge in [-0.15, -0.1) is 13.2 Å². The molecule has 2 aromatic rings. The van der Waals surface area contributed by atoms with Gasteiger partial charge in [-0.3, -0.25) is 4.79 Å². The second kappa shape index (κ2) is 7.12. The number of anilines is 1. The van der Waals surface area contributed by atoms with Crippen molar-refractivity contribution < 1.29 is 32.2 Å². The molecule has 1 N–H and O–H groups in total. The van der Waals surface area contributed by atoms with Crippen LogP contribution in [-0.4, -0.2) is 26.5 Å². The minimum Gasteiger partial charge on any atom is -0.493 e. The molecule has 0 unspecified atom stereocenters. The number of nitrogens with one attached hydrogen (secondary N) is 1. The van der Waals surface area contributed by atoms with Crippen molar-refractivity contribution in [3.05, 3.63) is 48.0 Å². The Morgan fingerprint density at radius 2 is 1.71 bits per heavy atom. The molecule has 0 radical (unpaired) electrons. The van der Waals surface area contributed by atoms with Gasteiger partial charge in [-0.05, 0) is 30.3 Å². The van der Waals surface area contributed by atoms with Gasteiger partial charge in [0, 0.05) is 17.3 Å². The van der Waals surface area contributed by atoms with Gasteiger partial charge in [-0.1, -0.05) is 6.07 Å². The largest absolute Gasteiger partial charge is 0.573 e. The van der Waals surface area contributed by atoms with Crippen molar-refractivity contribution in [1.29, 1.82) is 0 Å². The second-order valence-corrected chi connectivity index (χ2v) is 4.60. The highest BCUT2D eigenvalue weighted by Crippen LogP contribution is 2.28. The van der Waals surface area contributed by atoms with Crippen LogP contribution >= 0.6 is 0 Å². The Morgan fingerprint density at radius 1 is 1.00 bits per heavy atom. The first kappa shape index (κ1) is 17.5. The number of carbonyl (C=O) groups is 1. The molecular weight excluding hydrogens is 327 g/mol. The van der Waals surface area contributed by atoms with E-state index in [1.165, 1.54) is 38.5 Å². The van der Waals surface area contributed by atoms with Gasteiger partial charge in [0.05, 0.1) is 14.2 Å². The Labute approximate surface area is 135 Å². The lowest BCUT2D eigenvalue weighted by atomic mass is 10.2. The summed E-state index contributed by atoms with van der Waals surface area (Å²) in [6, 6.07) is 9.52. The highest BCUT2D eigenvalue weighted by molar-refractivity contribution is 6.04. The third kappa shape index (κ3) is 4.55. The first-order valence-corrected chi connectivity index (χ1v) is 6.71. The van der Waals surface area contributed by atoms with Crippen LogP contribution in [0.1, 0.15) is 10.4 Å². The minimum absolute atomic E-state index is 0.163. The molecule has 5 nitrogen and oxygen atoms in total. The summed E-state index contributed by atoms with van der Waals surface area (Å²) in [5.41, 5.74) is 0.423. The third-order valence-electron chi connectivity index (χ3n) is 2.97. The minimum atomic E-state index is -4.80. The quantitative estimate of drug-likeness (QED) is 0.897. The predicted molar refractivity (Wildman–Crippen MR) is 80.6 cm³/mol. The lowest BCUT2D eigenvalue weighted by molar-refractivity contribution is -0.274. The standard InChI is InChI=1S/C16H14F3NO4/c1-22-13-7-6-10(8-14(13)23-2)15(21)20-11-4-3-5-12(9-11)24-16(17,18)19/h3-9H,1-2H3,(H,20,21). The first-order valence-electron chi connectivity index (χ1n) is 6.71. The highest BCUT2D eigenvalue weighted by atomic mass is 19.4. The number of methoxy groups -OCH3 is 2. The van der Waals surface area contributed by atoms with E-state index in [1.54, 1.807) is 6.07 Å². The smallest absolute Gasteiger partial charge is 0.493 e. The Kier molecular flexibility index (Phi) is 5.18. The van der Waals surface area contributed by atoms with Crippen molar-refractivity contribution in [2.24, 2.45) is 0 Å². The van der Waals surface area contributed by atoms with Crippen molar-refractivity contribution in [2.75, 3.05) is 19.5 Å². The summed E-state index contributed by atoms with van der Waals surface area (Å²) in [7, 11) is 2.89. The van der Waals surface area contributed by atoms with E-state index in [0.29, 0.717) is 11.5 Å². The number of carbonyl (C=O) groups excluding carboxylic acids is 1. The molecule has 0 aliphatic heterocycles. The molecule has 0 saturated heterocycles. The number of halogens is 3. The van der Waals surface area contributed by atoms with Crippen LogP contribution in [-0.2, 0) is 0 Å². The normalized spacial score (nSPS) is 10.9. The fourth-order valence-corrected chi connectivity index (χ4v) is 1.95. The topological polar surface area (TPSA) is 56.8 Å². The van der Waals surface area contributed by atoms with Crippen LogP contribution in [0.5, 0.6) is 17.2 Å². The van der Waals surface area contributed by atoms with Gasteiger partial charge in [0.1, 0.15) is 5.75 Å². The zero-order valence-corrected chi connectivity index (χ0v) is 12.8. The Morgan fingerprint density at radius 3 is 2.33 bits per heavy atom. The molecule has 0 atom stereocenters. The van der Waals surface area contributed by atoms with Crippen molar-refractivity contribution in [2.45, 2.75) is 6.36 Å². The van der Waals surface area contributed by atoms with Crippen LogP contribution in [0.25, 0.3) is 0 Å². The average molecular weight is 341 g/mol. The first-order chi connectivity index (χ1) is 11.3. The Hall–Kier alpha value is -2.90. The van der Waals surface area contributed by atoms with Gasteiger partial charge >= 0.3 is 6.36 Å². The van der Waals surface area contributed by atoms with Gasteiger partial charge in [-0.2, -0.15) is 0 Å². The van der Waals surface area contributed by atoms with Crippen molar-refractivity contribution in [1.82, 2.24) is 0 Å². The van der Waals surface area contributed by atoms with E-state index in [-0.39, 0.29) is 11.3 Å². The second-order valence-electron chi connectivity index (χ2n) is 4.60. The van der Waals surface area contributed by atoms with Crippen LogP contribution in [0.15, 0.2) is 42.5 Å². The molecule has 8 heteroatoms. The highest BCUT2D eigenvalue weighted by Gasteiger charge is 2.31. The third-order valence-corrected chi connectivity index (χ3v) is 2.97. The molecule has 0 spiro atoms. The molecule has 0 saturated carbocycles. The van der Waals surface area contributed by atoms with Crippen LogP contribution in [0.4, 0.5) is 18.9 Å². The summed E-state index contributed by atoms with van der Waals surface area (Å²) in [6.07, 6.45) is -4.80. The summed E-state index contributed by atoms with van der Waals surface area (Å²) >= 11 is 0. The lowest BCUT2D eigenvalue weighted by Gasteiger charge is -2.12. The summed E-state index contributed by atoms with van der Waals surface area (Å²) in [4.78, 5) is 12.2. The molecule has 1 amide bonds. The molecule has 0 fully saturated rings. The lowest BCUT2D eigenvalue weighted by Crippen LogP contribution is -2.17. The van der Waals surface area contributed by atoms with Crippen molar-refractivity contribution in [3.63, 3.8) is 0 Å². The van der Waals surface area contributed by atoms with Gasteiger partial charge in [-0.25, -0.2) is 0 Å². The number of ether oxygens (including phenoxy) is 3. The number of hydrogen-bond donors (Lipinski definition) is 1. The van der Waals surface area contributed by atoms with E-state index >= 15 is 0 Å². The van der Waals surface area contributed by atoms with Crippen LogP contribution < -0.4 is 19.5 Å². The van der Waals surface area contributed by atoms with Gasteiger partial charge in [0.15, 0.2) is 11.5 Å². The maximum absolute atomic E-state index is 12.2. The van der Waals surface area contributed by atoms with Crippen molar-refractivity contribution >= 4 is 11.6 Å². The number of hydrogen-bond acceptors (Lipinski definition) is 4. The van der Waals surface area contributed by atoms with Crippen LogP contribution in [0.3, 0.4) is 0 Å². The predicted octanol–water partition coefficient (Wildman–Crippen LogP) is 3.85. The summed E-state index contributed by atoms with van der Waals surface area (Å²) < 4.78 is 50.6. The SMILES string of the molecule is COc1ccc(C(=O)Nc2cccc(OC(F)(F)F)c2)cc1OC. The molecule has 0 bridgehead atoms. The molecular formula is C16H14F3NO4. The van der Waals surface area contributed by atoms with E-state index < -0.39 is 18.0 Å². The fourth-order valence-electron chi connectivity index (χ4n) is 1.95. The molecule has 24 heavy (non-hydrogen) atoms. The van der Waals surface area contributed by atoms with E-state index in [4.69, 9.17) is 9.47 Å². The number of alkyl halides is 3. The molecule has 0 heterocycles. The van der Waals surface area contributed by atoms with Gasteiger partial charge in [0.25, 0.3) is 5.91 Å². The average Bonchev–Trinajstić information content (AvgIpc) is 2.52. The zero-order chi connectivity index (χ0) is 17.7. The Bertz CT molecular complexity index is 732. The Balaban J connectivity index is 2.16. The summed E-state index contributed by atoms with van der Waals surface area (Å²) in [6.45, 7) is 0. The maximum Gasteiger partial charge on any atom is 0.573 e. The van der Waals surface area contributed by atoms with E-state index in [2.05, 4.69) is 10.1 Å². The van der Waals surface area contributed by atoms with E-state index in [0.717, 1.165) is 12.1 Å². The van der Waals surface area contributed by atoms with Crippen molar-refractivity contribution in [3.8, 4) is 17.2 Å². The molecule has 2 rings (SSSR count). The van der Waals surface area contributed by atoms with Gasteiger partial charge in [0.2, 0.25) is 0 Å². The van der Waals surface area contributed by atoms with E-state index in [9.17, 15) is 18.0 Å². The summed E-state index contributed by atoms with van der Waals surface area (Å²) in [5.74, 6) is -0.123. The fraction of sp³-hybridized carbons (Fsp3) is 0.188. The van der Waals surface area contributed by atoms with E-state index in [1.807, 2.05) is 0 Å². The molecule has 0 aliphatic carbocycles. The molecule has 0 aliphatic rings. The monoisotopic (exact) mass is 341 g/mol. The zero-order valence-electron chi connectivity index (χ0n) is 12.8. The van der Waals surface area contributed by atoms with Crippen LogP contribution in [0.2, 0.25) is 0 Å². The number of amides is 1. The van der Waals surface area contributed by atoms with Gasteiger partial charge < -0.3 is 19.5 Å². The molecule has 128 valence electrons. The molecule has 2 aromatic carbocycles. The van der Waals surface area contributed by atoms with Crippen LogP contribution in [0, 0.1) is 0 Å². The number of benzene rings is 2. The molecule has 0 aromatic heterocycles. The number of rotatable bonds is 5.